The van der Waals surface area contributed by atoms with E-state index in [4.69, 9.17) is 13.9 Å². The fourth-order valence-corrected chi connectivity index (χ4v) is 4.82. The van der Waals surface area contributed by atoms with Crippen LogP contribution < -0.4 is 14.8 Å². The van der Waals surface area contributed by atoms with E-state index < -0.39 is 0 Å². The second-order valence-electron chi connectivity index (χ2n) is 8.97. The van der Waals surface area contributed by atoms with E-state index in [9.17, 15) is 4.79 Å². The molecule has 0 atom stereocenters. The van der Waals surface area contributed by atoms with Crippen molar-refractivity contribution in [2.75, 3.05) is 13.2 Å². The van der Waals surface area contributed by atoms with Crippen LogP contribution in [0.5, 0.6) is 11.5 Å². The first-order chi connectivity index (χ1) is 16.5. The number of carbonyl (C=O) groups is 1. The van der Waals surface area contributed by atoms with Crippen LogP contribution in [0.1, 0.15) is 64.0 Å². The summed E-state index contributed by atoms with van der Waals surface area (Å²) < 4.78 is 17.6. The molecular weight excluding hydrogens is 426 g/mol. The SMILES string of the molecule is CCOc1ccc(-c2coc3c(C)c(OCC)c(/C(C)=C/C(=O)NC4CCCCC4)cc23)cc1. The quantitative estimate of drug-likeness (QED) is 0.365. The number of furan rings is 1. The number of rotatable bonds is 8. The summed E-state index contributed by atoms with van der Waals surface area (Å²) in [6, 6.07) is 10.4. The summed E-state index contributed by atoms with van der Waals surface area (Å²) in [7, 11) is 0. The summed E-state index contributed by atoms with van der Waals surface area (Å²) in [4.78, 5) is 12.8. The van der Waals surface area contributed by atoms with Crippen LogP contribution in [0, 0.1) is 6.92 Å². The summed E-state index contributed by atoms with van der Waals surface area (Å²) in [5.41, 5.74) is 5.58. The number of benzene rings is 2. The van der Waals surface area contributed by atoms with Gasteiger partial charge in [-0.25, -0.2) is 0 Å². The Morgan fingerprint density at radius 3 is 2.47 bits per heavy atom. The van der Waals surface area contributed by atoms with Gasteiger partial charge in [0.05, 0.1) is 19.5 Å². The summed E-state index contributed by atoms with van der Waals surface area (Å²) in [6.07, 6.45) is 9.26. The third kappa shape index (κ3) is 5.14. The fourth-order valence-electron chi connectivity index (χ4n) is 4.82. The Labute approximate surface area is 202 Å². The van der Waals surface area contributed by atoms with E-state index in [1.807, 2.05) is 52.0 Å². The Hall–Kier alpha value is -3.21. The van der Waals surface area contributed by atoms with Crippen LogP contribution in [0.15, 0.2) is 47.1 Å². The Bertz CT molecular complexity index is 1170. The molecule has 0 unspecified atom stereocenters. The predicted octanol–water partition coefficient (Wildman–Crippen LogP) is 7.06. The highest BCUT2D eigenvalue weighted by molar-refractivity contribution is 6.01. The van der Waals surface area contributed by atoms with Crippen LogP contribution in [-0.4, -0.2) is 25.2 Å². The van der Waals surface area contributed by atoms with Crippen LogP contribution in [0.4, 0.5) is 0 Å². The molecule has 1 N–H and O–H groups in total. The highest BCUT2D eigenvalue weighted by atomic mass is 16.5. The molecule has 34 heavy (non-hydrogen) atoms. The van der Waals surface area contributed by atoms with E-state index in [0.717, 1.165) is 63.1 Å². The zero-order valence-corrected chi connectivity index (χ0v) is 20.7. The smallest absolute Gasteiger partial charge is 0.244 e. The molecule has 1 heterocycles. The zero-order valence-electron chi connectivity index (χ0n) is 20.7. The van der Waals surface area contributed by atoms with Gasteiger partial charge in [-0.2, -0.15) is 0 Å². The molecule has 5 nitrogen and oxygen atoms in total. The number of allylic oxidation sites excluding steroid dienone is 1. The number of nitrogens with one attached hydrogen (secondary N) is 1. The number of hydrogen-bond donors (Lipinski definition) is 1. The maximum Gasteiger partial charge on any atom is 0.244 e. The number of carbonyl (C=O) groups excluding carboxylic acids is 1. The minimum absolute atomic E-state index is 0.0384. The van der Waals surface area contributed by atoms with Crippen molar-refractivity contribution in [2.45, 2.75) is 65.8 Å². The standard InChI is InChI=1S/C29H35NO4/c1-5-32-23-14-12-21(13-15-23)26-18-34-29-20(4)28(33-6-2)24(17-25(26)29)19(3)16-27(31)30-22-10-8-7-9-11-22/h12-18,22H,5-11H2,1-4H3,(H,30,31)/b19-16+. The van der Waals surface area contributed by atoms with E-state index in [-0.39, 0.29) is 11.9 Å². The molecule has 2 aromatic carbocycles. The van der Waals surface area contributed by atoms with Crippen LogP contribution in [0.25, 0.3) is 27.7 Å². The molecule has 5 heteroatoms. The van der Waals surface area contributed by atoms with Gasteiger partial charge in [-0.3, -0.25) is 4.79 Å². The fraction of sp³-hybridized carbons (Fsp3) is 0.414. The second-order valence-corrected chi connectivity index (χ2v) is 8.97. The molecule has 1 saturated carbocycles. The van der Waals surface area contributed by atoms with Crippen LogP contribution in [-0.2, 0) is 4.79 Å². The van der Waals surface area contributed by atoms with Gasteiger partial charge in [0.2, 0.25) is 5.91 Å². The highest BCUT2D eigenvalue weighted by Gasteiger charge is 2.20. The number of aryl methyl sites for hydroxylation is 1. The topological polar surface area (TPSA) is 60.7 Å². The van der Waals surface area contributed by atoms with Gasteiger partial charge < -0.3 is 19.2 Å². The van der Waals surface area contributed by atoms with E-state index in [1.165, 1.54) is 19.3 Å². The highest BCUT2D eigenvalue weighted by Crippen LogP contribution is 2.41. The minimum Gasteiger partial charge on any atom is -0.494 e. The van der Waals surface area contributed by atoms with Crippen molar-refractivity contribution in [1.29, 1.82) is 0 Å². The van der Waals surface area contributed by atoms with Gasteiger partial charge in [-0.1, -0.05) is 31.4 Å². The van der Waals surface area contributed by atoms with E-state index in [0.29, 0.717) is 13.2 Å². The molecule has 180 valence electrons. The van der Waals surface area contributed by atoms with Gasteiger partial charge in [0.15, 0.2) is 0 Å². The summed E-state index contributed by atoms with van der Waals surface area (Å²) in [6.45, 7) is 9.10. The van der Waals surface area contributed by atoms with E-state index in [2.05, 4.69) is 11.4 Å². The van der Waals surface area contributed by atoms with Crippen molar-refractivity contribution in [2.24, 2.45) is 0 Å². The van der Waals surface area contributed by atoms with Gasteiger partial charge in [0.25, 0.3) is 0 Å². The van der Waals surface area contributed by atoms with Gasteiger partial charge in [0.1, 0.15) is 17.1 Å². The van der Waals surface area contributed by atoms with E-state index >= 15 is 0 Å². The number of hydrogen-bond acceptors (Lipinski definition) is 4. The maximum atomic E-state index is 12.8. The molecule has 3 aromatic rings. The van der Waals surface area contributed by atoms with Crippen molar-refractivity contribution in [3.63, 3.8) is 0 Å². The Kier molecular flexibility index (Phi) is 7.61. The number of amides is 1. The molecule has 0 radical (unpaired) electrons. The predicted molar refractivity (Wildman–Crippen MR) is 137 cm³/mol. The second kappa shape index (κ2) is 10.8. The van der Waals surface area contributed by atoms with Crippen molar-refractivity contribution in [1.82, 2.24) is 5.32 Å². The Balaban J connectivity index is 1.71. The van der Waals surface area contributed by atoms with Crippen molar-refractivity contribution >= 4 is 22.4 Å². The summed E-state index contributed by atoms with van der Waals surface area (Å²) >= 11 is 0. The average Bonchev–Trinajstić information content (AvgIpc) is 3.26. The lowest BCUT2D eigenvalue weighted by atomic mass is 9.95. The first-order valence-electron chi connectivity index (χ1n) is 12.4. The molecule has 1 aliphatic rings. The molecule has 1 fully saturated rings. The van der Waals surface area contributed by atoms with Crippen LogP contribution in [0.3, 0.4) is 0 Å². The van der Waals surface area contributed by atoms with Crippen molar-refractivity contribution < 1.29 is 18.7 Å². The summed E-state index contributed by atoms with van der Waals surface area (Å²) in [5, 5.41) is 4.18. The molecule has 0 aliphatic heterocycles. The maximum absolute atomic E-state index is 12.8. The zero-order chi connectivity index (χ0) is 24.1. The molecule has 4 rings (SSSR count). The molecule has 1 aliphatic carbocycles. The molecule has 0 bridgehead atoms. The number of fused-ring (bicyclic) bond motifs is 1. The van der Waals surface area contributed by atoms with E-state index in [1.54, 1.807) is 12.3 Å². The van der Waals surface area contributed by atoms with Crippen LogP contribution >= 0.6 is 0 Å². The van der Waals surface area contributed by atoms with Gasteiger partial charge in [0, 0.05) is 34.2 Å². The van der Waals surface area contributed by atoms with Gasteiger partial charge in [-0.05, 0) is 69.9 Å². The lowest BCUT2D eigenvalue weighted by Crippen LogP contribution is -2.35. The third-order valence-corrected chi connectivity index (χ3v) is 6.53. The lowest BCUT2D eigenvalue weighted by molar-refractivity contribution is -0.117. The Morgan fingerprint density at radius 1 is 1.09 bits per heavy atom. The first-order valence-corrected chi connectivity index (χ1v) is 12.4. The van der Waals surface area contributed by atoms with Crippen molar-refractivity contribution in [3.8, 4) is 22.6 Å². The Morgan fingerprint density at radius 2 is 1.79 bits per heavy atom. The normalized spacial score (nSPS) is 14.9. The van der Waals surface area contributed by atoms with Gasteiger partial charge in [-0.15, -0.1) is 0 Å². The van der Waals surface area contributed by atoms with Crippen LogP contribution in [0.2, 0.25) is 0 Å². The summed E-state index contributed by atoms with van der Waals surface area (Å²) in [5.74, 6) is 1.57. The molecule has 0 saturated heterocycles. The van der Waals surface area contributed by atoms with Crippen molar-refractivity contribution in [3.05, 3.63) is 53.8 Å². The van der Waals surface area contributed by atoms with Gasteiger partial charge >= 0.3 is 0 Å². The minimum atomic E-state index is -0.0384. The first kappa shape index (κ1) is 23.9. The monoisotopic (exact) mass is 461 g/mol. The number of ether oxygens (including phenoxy) is 2. The average molecular weight is 462 g/mol. The molecule has 1 aromatic heterocycles. The largest absolute Gasteiger partial charge is 0.494 e. The molecule has 0 spiro atoms. The third-order valence-electron chi connectivity index (χ3n) is 6.53. The molecular formula is C29H35NO4. The lowest BCUT2D eigenvalue weighted by Gasteiger charge is -2.22. The molecule has 1 amide bonds.